The topological polar surface area (TPSA) is 75.0 Å². The smallest absolute Gasteiger partial charge is 0.266 e. The molecule has 5 nitrogen and oxygen atoms in total. The molecule has 0 radical (unpaired) electrons. The van der Waals surface area contributed by atoms with Gasteiger partial charge in [0.05, 0.1) is 16.7 Å². The highest BCUT2D eigenvalue weighted by Crippen LogP contribution is 2.30. The van der Waals surface area contributed by atoms with Gasteiger partial charge in [-0.15, -0.1) is 11.3 Å². The second kappa shape index (κ2) is 5.94. The number of nitrogens with one attached hydrogen (secondary N) is 1. The van der Waals surface area contributed by atoms with Crippen molar-refractivity contribution in [3.05, 3.63) is 45.9 Å². The lowest BCUT2D eigenvalue weighted by molar-refractivity contribution is 0.0717. The number of nitrogens with zero attached hydrogens (tertiary/aromatic N) is 2. The Bertz CT molecular complexity index is 889. The number of carbonyl (C=O) groups excluding carboxylic acids is 1. The van der Waals surface area contributed by atoms with Gasteiger partial charge >= 0.3 is 0 Å². The predicted octanol–water partition coefficient (Wildman–Crippen LogP) is 3.53. The number of imidazole rings is 1. The summed E-state index contributed by atoms with van der Waals surface area (Å²) in [5.74, 6) is 1.48. The maximum Gasteiger partial charge on any atom is 0.266 e. The Morgan fingerprint density at radius 3 is 2.79 bits per heavy atom. The average molecular weight is 340 g/mol. The fourth-order valence-electron chi connectivity index (χ4n) is 3.38. The van der Waals surface area contributed by atoms with Gasteiger partial charge in [-0.3, -0.25) is 4.79 Å². The molecule has 1 aliphatic heterocycles. The second-order valence-corrected chi connectivity index (χ2v) is 7.28. The van der Waals surface area contributed by atoms with Gasteiger partial charge in [0.15, 0.2) is 0 Å². The first kappa shape index (κ1) is 15.2. The molecule has 0 saturated carbocycles. The lowest BCUT2D eigenvalue weighted by Crippen LogP contribution is -2.38. The molecule has 1 saturated heterocycles. The first-order valence-corrected chi connectivity index (χ1v) is 9.09. The molecule has 3 heterocycles. The minimum Gasteiger partial charge on any atom is -0.397 e. The van der Waals surface area contributed by atoms with Crippen molar-refractivity contribution < 1.29 is 4.79 Å². The van der Waals surface area contributed by atoms with Crippen LogP contribution < -0.4 is 5.73 Å². The van der Waals surface area contributed by atoms with Crippen molar-refractivity contribution in [1.82, 2.24) is 14.9 Å². The van der Waals surface area contributed by atoms with Crippen LogP contribution >= 0.6 is 11.3 Å². The molecule has 6 heteroatoms. The van der Waals surface area contributed by atoms with Crippen LogP contribution in [0.5, 0.6) is 0 Å². The van der Waals surface area contributed by atoms with Crippen LogP contribution in [0.3, 0.4) is 0 Å². The zero-order chi connectivity index (χ0) is 16.7. The van der Waals surface area contributed by atoms with Gasteiger partial charge in [0.1, 0.15) is 10.7 Å². The van der Waals surface area contributed by atoms with Crippen molar-refractivity contribution in [3.8, 4) is 0 Å². The third-order valence-electron chi connectivity index (χ3n) is 4.79. The highest BCUT2D eigenvalue weighted by molar-refractivity contribution is 7.12. The van der Waals surface area contributed by atoms with Crippen molar-refractivity contribution in [3.63, 3.8) is 0 Å². The monoisotopic (exact) mass is 340 g/mol. The number of hydrogen-bond donors (Lipinski definition) is 2. The van der Waals surface area contributed by atoms with Gasteiger partial charge in [-0.1, -0.05) is 12.1 Å². The van der Waals surface area contributed by atoms with Crippen LogP contribution in [0.4, 0.5) is 5.69 Å². The molecule has 0 unspecified atom stereocenters. The van der Waals surface area contributed by atoms with E-state index in [1.165, 1.54) is 16.9 Å². The number of rotatable bonds is 2. The number of nitrogens with two attached hydrogens (primary N) is 1. The summed E-state index contributed by atoms with van der Waals surface area (Å²) >= 11 is 1.42. The molecule has 4 rings (SSSR count). The predicted molar refractivity (Wildman–Crippen MR) is 97.4 cm³/mol. The van der Waals surface area contributed by atoms with Gasteiger partial charge in [0.25, 0.3) is 5.91 Å². The van der Waals surface area contributed by atoms with Crippen LogP contribution in [-0.4, -0.2) is 33.9 Å². The molecule has 24 heavy (non-hydrogen) atoms. The molecule has 3 aromatic rings. The van der Waals surface area contributed by atoms with Gasteiger partial charge in [-0.2, -0.15) is 0 Å². The molecular weight excluding hydrogens is 320 g/mol. The number of para-hydroxylation sites is 1. The molecule has 1 amide bonds. The normalized spacial score (nSPS) is 16.0. The van der Waals surface area contributed by atoms with Crippen LogP contribution in [0.1, 0.15) is 39.8 Å². The number of thiophene rings is 1. The van der Waals surface area contributed by atoms with E-state index in [1.807, 2.05) is 16.3 Å². The average Bonchev–Trinajstić information content (AvgIpc) is 3.21. The van der Waals surface area contributed by atoms with Crippen LogP contribution in [0.25, 0.3) is 11.0 Å². The number of H-pyrrole nitrogens is 1. The van der Waals surface area contributed by atoms with Gasteiger partial charge < -0.3 is 15.6 Å². The Morgan fingerprint density at radius 2 is 2.12 bits per heavy atom. The van der Waals surface area contributed by atoms with E-state index in [4.69, 9.17) is 10.7 Å². The van der Waals surface area contributed by atoms with E-state index in [-0.39, 0.29) is 5.91 Å². The Labute approximate surface area is 144 Å². The van der Waals surface area contributed by atoms with Gasteiger partial charge in [-0.05, 0) is 42.8 Å². The Morgan fingerprint density at radius 1 is 1.33 bits per heavy atom. The summed E-state index contributed by atoms with van der Waals surface area (Å²) < 4.78 is 0. The summed E-state index contributed by atoms with van der Waals surface area (Å²) in [4.78, 5) is 23.4. The number of carbonyl (C=O) groups is 1. The zero-order valence-corrected chi connectivity index (χ0v) is 14.4. The SMILES string of the molecule is Cc1cccc2[nH]c(C3CCN(C(=O)c4sccc4N)CC3)nc12. The van der Waals surface area contributed by atoms with E-state index in [1.54, 1.807) is 6.07 Å². The molecule has 1 fully saturated rings. The number of piperidine rings is 1. The fraction of sp³-hybridized carbons (Fsp3) is 0.333. The standard InChI is InChI=1S/C18H20N4OS/c1-11-3-2-4-14-15(11)21-17(20-14)12-5-8-22(9-6-12)18(23)16-13(19)7-10-24-16/h2-4,7,10,12H,5-6,8-9,19H2,1H3,(H,20,21). The van der Waals surface area contributed by atoms with E-state index >= 15 is 0 Å². The zero-order valence-electron chi connectivity index (χ0n) is 13.6. The number of amides is 1. The summed E-state index contributed by atoms with van der Waals surface area (Å²) in [5.41, 5.74) is 9.79. The van der Waals surface area contributed by atoms with Crippen molar-refractivity contribution in [1.29, 1.82) is 0 Å². The number of hydrogen-bond acceptors (Lipinski definition) is 4. The fourth-order valence-corrected chi connectivity index (χ4v) is 4.17. The van der Waals surface area contributed by atoms with Gasteiger partial charge in [0.2, 0.25) is 0 Å². The number of aryl methyl sites for hydroxylation is 1. The number of anilines is 1. The Balaban J connectivity index is 1.48. The van der Waals surface area contributed by atoms with Crippen molar-refractivity contribution in [2.75, 3.05) is 18.8 Å². The first-order valence-electron chi connectivity index (χ1n) is 8.21. The van der Waals surface area contributed by atoms with Gasteiger partial charge in [-0.25, -0.2) is 4.98 Å². The molecule has 0 spiro atoms. The molecule has 0 aliphatic carbocycles. The van der Waals surface area contributed by atoms with E-state index in [9.17, 15) is 4.79 Å². The maximum atomic E-state index is 12.5. The van der Waals surface area contributed by atoms with E-state index in [0.717, 1.165) is 42.8 Å². The summed E-state index contributed by atoms with van der Waals surface area (Å²) in [5, 5.41) is 1.87. The molecule has 124 valence electrons. The lowest BCUT2D eigenvalue weighted by Gasteiger charge is -2.31. The number of fused-ring (bicyclic) bond motifs is 1. The minimum atomic E-state index is 0.0569. The first-order chi connectivity index (χ1) is 11.6. The van der Waals surface area contributed by atoms with Gasteiger partial charge in [0, 0.05) is 19.0 Å². The highest BCUT2D eigenvalue weighted by atomic mass is 32.1. The van der Waals surface area contributed by atoms with Crippen LogP contribution in [0.15, 0.2) is 29.6 Å². The van der Waals surface area contributed by atoms with E-state index in [0.29, 0.717) is 16.5 Å². The van der Waals surface area contributed by atoms with Crippen LogP contribution in [-0.2, 0) is 0 Å². The summed E-state index contributed by atoms with van der Waals surface area (Å²) in [6, 6.07) is 7.99. The number of benzene rings is 1. The lowest BCUT2D eigenvalue weighted by atomic mass is 9.96. The summed E-state index contributed by atoms with van der Waals surface area (Å²) in [6.45, 7) is 3.58. The number of nitrogen functional groups attached to an aromatic ring is 1. The summed E-state index contributed by atoms with van der Waals surface area (Å²) in [6.07, 6.45) is 1.85. The number of aromatic amines is 1. The van der Waals surface area contributed by atoms with Crippen LogP contribution in [0.2, 0.25) is 0 Å². The number of likely N-dealkylation sites (tertiary alicyclic amines) is 1. The third kappa shape index (κ3) is 2.57. The minimum absolute atomic E-state index is 0.0569. The molecule has 3 N–H and O–H groups in total. The van der Waals surface area contributed by atoms with E-state index in [2.05, 4.69) is 24.0 Å². The van der Waals surface area contributed by atoms with Crippen LogP contribution in [0, 0.1) is 6.92 Å². The molecule has 1 aliphatic rings. The molecule has 0 atom stereocenters. The maximum absolute atomic E-state index is 12.5. The van der Waals surface area contributed by atoms with Crippen molar-refractivity contribution in [2.45, 2.75) is 25.7 Å². The number of aromatic nitrogens is 2. The molecule has 1 aromatic carbocycles. The Hall–Kier alpha value is -2.34. The molecule has 2 aromatic heterocycles. The molecule has 0 bridgehead atoms. The highest BCUT2D eigenvalue weighted by Gasteiger charge is 2.27. The van der Waals surface area contributed by atoms with E-state index < -0.39 is 0 Å². The quantitative estimate of drug-likeness (QED) is 0.749. The molecular formula is C18H20N4OS. The largest absolute Gasteiger partial charge is 0.397 e. The Kier molecular flexibility index (Phi) is 3.76. The second-order valence-electron chi connectivity index (χ2n) is 6.36. The van der Waals surface area contributed by atoms with Crippen molar-refractivity contribution in [2.24, 2.45) is 0 Å². The summed E-state index contributed by atoms with van der Waals surface area (Å²) in [7, 11) is 0. The third-order valence-corrected chi connectivity index (χ3v) is 5.71. The van der Waals surface area contributed by atoms with Crippen molar-refractivity contribution >= 4 is 34.0 Å².